The summed E-state index contributed by atoms with van der Waals surface area (Å²) in [6.07, 6.45) is 1.89. The van der Waals surface area contributed by atoms with Crippen molar-refractivity contribution in [3.05, 3.63) is 48.3 Å². The Balaban J connectivity index is 1.57. The summed E-state index contributed by atoms with van der Waals surface area (Å²) in [4.78, 5) is 16.6. The Morgan fingerprint density at radius 3 is 2.45 bits per heavy atom. The number of nitrogens with zero attached hydrogens (tertiary/aromatic N) is 3. The third-order valence-corrected chi connectivity index (χ3v) is 4.19. The van der Waals surface area contributed by atoms with E-state index in [1.54, 1.807) is 6.07 Å². The minimum absolute atomic E-state index is 0.156. The normalized spacial score (nSPS) is 16.0. The van der Waals surface area contributed by atoms with Gasteiger partial charge in [-0.3, -0.25) is 9.69 Å². The molecule has 5 nitrogen and oxygen atoms in total. The van der Waals surface area contributed by atoms with Crippen molar-refractivity contribution in [2.75, 3.05) is 37.6 Å². The maximum absolute atomic E-state index is 12.3. The number of phenols is 1. The topological polar surface area (TPSA) is 48.7 Å². The molecule has 3 rings (SSSR count). The summed E-state index contributed by atoms with van der Waals surface area (Å²) in [6, 6.07) is 11.2. The first-order chi connectivity index (χ1) is 10.6. The van der Waals surface area contributed by atoms with Gasteiger partial charge in [0.15, 0.2) is 5.78 Å². The molecule has 22 heavy (non-hydrogen) atoms. The van der Waals surface area contributed by atoms with Crippen molar-refractivity contribution in [3.8, 4) is 5.75 Å². The predicted octanol–water partition coefficient (Wildman–Crippen LogP) is 1.74. The van der Waals surface area contributed by atoms with E-state index in [0.29, 0.717) is 12.3 Å². The second-order valence-electron chi connectivity index (χ2n) is 5.68. The summed E-state index contributed by atoms with van der Waals surface area (Å²) in [5.74, 6) is 0.472. The number of hydrogen-bond donors (Lipinski definition) is 1. The second kappa shape index (κ2) is 6.23. The predicted molar refractivity (Wildman–Crippen MR) is 86.5 cm³/mol. The maximum atomic E-state index is 12.3. The van der Waals surface area contributed by atoms with Crippen molar-refractivity contribution in [2.45, 2.75) is 0 Å². The maximum Gasteiger partial charge on any atom is 0.193 e. The number of piperazine rings is 1. The number of hydrogen-bond acceptors (Lipinski definition) is 4. The number of benzene rings is 1. The lowest BCUT2D eigenvalue weighted by atomic mass is 10.2. The van der Waals surface area contributed by atoms with Crippen molar-refractivity contribution in [2.24, 2.45) is 7.05 Å². The van der Waals surface area contributed by atoms with Crippen LogP contribution in [0, 0.1) is 0 Å². The quantitative estimate of drug-likeness (QED) is 0.874. The van der Waals surface area contributed by atoms with Crippen LogP contribution in [-0.4, -0.2) is 53.1 Å². The molecule has 0 spiro atoms. The number of phenolic OH excluding ortho intramolecular Hbond substituents is 1. The van der Waals surface area contributed by atoms with Crippen LogP contribution in [0.15, 0.2) is 42.6 Å². The third kappa shape index (κ3) is 2.99. The molecule has 0 saturated carbocycles. The minimum Gasteiger partial charge on any atom is -0.506 e. The first-order valence-electron chi connectivity index (χ1n) is 7.55. The SMILES string of the molecule is Cn1cccc1C(=O)CN1CCN(c2ccccc2O)CC1. The number of ketones is 1. The fourth-order valence-corrected chi connectivity index (χ4v) is 2.91. The number of carbonyl (C=O) groups is 1. The first kappa shape index (κ1) is 14.7. The number of rotatable bonds is 4. The van der Waals surface area contributed by atoms with Gasteiger partial charge in [-0.1, -0.05) is 12.1 Å². The van der Waals surface area contributed by atoms with Crippen LogP contribution in [0.3, 0.4) is 0 Å². The lowest BCUT2D eigenvalue weighted by Crippen LogP contribution is -2.48. The summed E-state index contributed by atoms with van der Waals surface area (Å²) in [5, 5.41) is 9.92. The fourth-order valence-electron chi connectivity index (χ4n) is 2.91. The molecule has 0 aliphatic carbocycles. The molecule has 2 heterocycles. The zero-order chi connectivity index (χ0) is 15.5. The number of aromatic nitrogens is 1. The molecule has 1 aliphatic heterocycles. The van der Waals surface area contributed by atoms with Gasteiger partial charge in [0, 0.05) is 39.4 Å². The molecule has 0 amide bonds. The van der Waals surface area contributed by atoms with Gasteiger partial charge in [-0.2, -0.15) is 0 Å². The number of carbonyl (C=O) groups excluding carboxylic acids is 1. The monoisotopic (exact) mass is 299 g/mol. The van der Waals surface area contributed by atoms with Gasteiger partial charge in [-0.15, -0.1) is 0 Å². The average Bonchev–Trinajstić information content (AvgIpc) is 2.95. The first-order valence-corrected chi connectivity index (χ1v) is 7.55. The summed E-state index contributed by atoms with van der Waals surface area (Å²) in [5.41, 5.74) is 1.62. The smallest absolute Gasteiger partial charge is 0.193 e. The zero-order valence-electron chi connectivity index (χ0n) is 12.8. The molecule has 0 unspecified atom stereocenters. The van der Waals surface area contributed by atoms with Gasteiger partial charge in [0.2, 0.25) is 0 Å². The van der Waals surface area contributed by atoms with Crippen molar-refractivity contribution in [1.29, 1.82) is 0 Å². The summed E-state index contributed by atoms with van der Waals surface area (Å²) >= 11 is 0. The van der Waals surface area contributed by atoms with Crippen LogP contribution in [0.2, 0.25) is 0 Å². The van der Waals surface area contributed by atoms with E-state index in [1.165, 1.54) is 0 Å². The Morgan fingerprint density at radius 2 is 1.82 bits per heavy atom. The molecule has 1 fully saturated rings. The van der Waals surface area contributed by atoms with Crippen LogP contribution in [0.4, 0.5) is 5.69 Å². The van der Waals surface area contributed by atoms with E-state index in [0.717, 1.165) is 37.6 Å². The lowest BCUT2D eigenvalue weighted by Gasteiger charge is -2.35. The summed E-state index contributed by atoms with van der Waals surface area (Å²) in [6.45, 7) is 3.73. The fraction of sp³-hybridized carbons (Fsp3) is 0.353. The molecular formula is C17H21N3O2. The molecule has 0 bridgehead atoms. The Hall–Kier alpha value is -2.27. The van der Waals surface area contributed by atoms with Crippen molar-refractivity contribution >= 4 is 11.5 Å². The molecule has 116 valence electrons. The average molecular weight is 299 g/mol. The van der Waals surface area contributed by atoms with Crippen LogP contribution in [0.1, 0.15) is 10.5 Å². The van der Waals surface area contributed by atoms with E-state index in [2.05, 4.69) is 9.80 Å². The van der Waals surface area contributed by atoms with Gasteiger partial charge in [0.25, 0.3) is 0 Å². The Bertz CT molecular complexity index is 657. The van der Waals surface area contributed by atoms with E-state index in [1.807, 2.05) is 48.1 Å². The Morgan fingerprint density at radius 1 is 1.09 bits per heavy atom. The molecule has 1 N–H and O–H groups in total. The molecule has 1 saturated heterocycles. The van der Waals surface area contributed by atoms with Crippen molar-refractivity contribution in [1.82, 2.24) is 9.47 Å². The van der Waals surface area contributed by atoms with Crippen molar-refractivity contribution < 1.29 is 9.90 Å². The van der Waals surface area contributed by atoms with Crippen LogP contribution in [0.25, 0.3) is 0 Å². The van der Waals surface area contributed by atoms with Crippen LogP contribution >= 0.6 is 0 Å². The van der Waals surface area contributed by atoms with E-state index in [9.17, 15) is 9.90 Å². The van der Waals surface area contributed by atoms with E-state index in [4.69, 9.17) is 0 Å². The largest absolute Gasteiger partial charge is 0.506 e. The number of para-hydroxylation sites is 2. The molecule has 5 heteroatoms. The van der Waals surface area contributed by atoms with Crippen LogP contribution in [0.5, 0.6) is 5.75 Å². The minimum atomic E-state index is 0.156. The van der Waals surface area contributed by atoms with Gasteiger partial charge >= 0.3 is 0 Å². The lowest BCUT2D eigenvalue weighted by molar-refractivity contribution is 0.0918. The van der Waals surface area contributed by atoms with Crippen LogP contribution < -0.4 is 4.90 Å². The Kier molecular flexibility index (Phi) is 4.15. The highest BCUT2D eigenvalue weighted by molar-refractivity contribution is 5.96. The number of aryl methyl sites for hydroxylation is 1. The summed E-state index contributed by atoms with van der Waals surface area (Å²) in [7, 11) is 1.89. The highest BCUT2D eigenvalue weighted by Gasteiger charge is 2.21. The third-order valence-electron chi connectivity index (χ3n) is 4.19. The number of anilines is 1. The number of Topliss-reactive ketones (excluding diaryl/α,β-unsaturated/α-hetero) is 1. The van der Waals surface area contributed by atoms with Crippen LogP contribution in [-0.2, 0) is 7.05 Å². The highest BCUT2D eigenvalue weighted by Crippen LogP contribution is 2.27. The molecule has 2 aromatic rings. The van der Waals surface area contributed by atoms with E-state index < -0.39 is 0 Å². The molecule has 0 atom stereocenters. The van der Waals surface area contributed by atoms with Gasteiger partial charge in [-0.05, 0) is 24.3 Å². The molecule has 0 radical (unpaired) electrons. The number of aromatic hydroxyl groups is 1. The Labute approximate surface area is 130 Å². The molecular weight excluding hydrogens is 278 g/mol. The van der Waals surface area contributed by atoms with Crippen molar-refractivity contribution in [3.63, 3.8) is 0 Å². The van der Waals surface area contributed by atoms with Gasteiger partial charge in [0.1, 0.15) is 5.75 Å². The van der Waals surface area contributed by atoms with Gasteiger partial charge < -0.3 is 14.6 Å². The van der Waals surface area contributed by atoms with E-state index in [-0.39, 0.29) is 5.78 Å². The summed E-state index contributed by atoms with van der Waals surface area (Å²) < 4.78 is 1.86. The zero-order valence-corrected chi connectivity index (χ0v) is 12.8. The highest BCUT2D eigenvalue weighted by atomic mass is 16.3. The molecule has 1 aromatic heterocycles. The molecule has 1 aliphatic rings. The van der Waals surface area contributed by atoms with E-state index >= 15 is 0 Å². The second-order valence-corrected chi connectivity index (χ2v) is 5.68. The van der Waals surface area contributed by atoms with Gasteiger partial charge in [0.05, 0.1) is 17.9 Å². The standard InChI is InChI=1S/C17H21N3O2/c1-18-8-4-6-14(18)17(22)13-19-9-11-20(12-10-19)15-5-2-3-7-16(15)21/h2-8,21H,9-13H2,1H3. The molecule has 1 aromatic carbocycles. The van der Waals surface area contributed by atoms with Gasteiger partial charge in [-0.25, -0.2) is 0 Å².